The molecule has 124 valence electrons. The zero-order chi connectivity index (χ0) is 17.9. The minimum absolute atomic E-state index is 0.272. The largest absolute Gasteiger partial charge is 0.573 e. The lowest BCUT2D eigenvalue weighted by Gasteiger charge is -2.12. The van der Waals surface area contributed by atoms with Crippen molar-refractivity contribution in [3.63, 3.8) is 0 Å². The SMILES string of the molecule is N#Cc1ccc(-c2ccc(OC(F)(F)F)cc2)c(-c2ccccc2)c1. The highest BCUT2D eigenvalue weighted by atomic mass is 19.4. The highest BCUT2D eigenvalue weighted by Gasteiger charge is 2.31. The Balaban J connectivity index is 2.04. The summed E-state index contributed by atoms with van der Waals surface area (Å²) in [5.41, 5.74) is 3.83. The van der Waals surface area contributed by atoms with E-state index in [4.69, 9.17) is 5.26 Å². The summed E-state index contributed by atoms with van der Waals surface area (Å²) in [7, 11) is 0. The monoisotopic (exact) mass is 339 g/mol. The molecule has 3 rings (SSSR count). The molecule has 0 unspecified atom stereocenters. The molecule has 0 fully saturated rings. The normalized spacial score (nSPS) is 11.0. The van der Waals surface area contributed by atoms with E-state index in [0.717, 1.165) is 22.3 Å². The summed E-state index contributed by atoms with van der Waals surface area (Å²) in [6.07, 6.45) is -4.72. The van der Waals surface area contributed by atoms with Crippen LogP contribution < -0.4 is 4.74 Å². The maximum atomic E-state index is 12.3. The standard InChI is InChI=1S/C20H12F3NO/c21-20(22,23)25-17-9-7-16(8-10-17)18-11-6-14(13-24)12-19(18)15-4-2-1-3-5-15/h1-12H. The molecule has 0 spiro atoms. The van der Waals surface area contributed by atoms with Gasteiger partial charge in [0.05, 0.1) is 11.6 Å². The van der Waals surface area contributed by atoms with E-state index >= 15 is 0 Å². The minimum atomic E-state index is -4.72. The predicted octanol–water partition coefficient (Wildman–Crippen LogP) is 5.79. The minimum Gasteiger partial charge on any atom is -0.406 e. The maximum absolute atomic E-state index is 12.3. The van der Waals surface area contributed by atoms with E-state index in [2.05, 4.69) is 10.8 Å². The van der Waals surface area contributed by atoms with Crippen molar-refractivity contribution in [2.45, 2.75) is 6.36 Å². The van der Waals surface area contributed by atoms with Crippen LogP contribution in [0.3, 0.4) is 0 Å². The van der Waals surface area contributed by atoms with Gasteiger partial charge in [-0.3, -0.25) is 0 Å². The molecule has 0 heterocycles. The van der Waals surface area contributed by atoms with Crippen LogP contribution in [0.5, 0.6) is 5.75 Å². The van der Waals surface area contributed by atoms with Crippen LogP contribution in [0.4, 0.5) is 13.2 Å². The van der Waals surface area contributed by atoms with Gasteiger partial charge in [-0.25, -0.2) is 0 Å². The Morgan fingerprint density at radius 3 is 2.00 bits per heavy atom. The van der Waals surface area contributed by atoms with Gasteiger partial charge in [0.25, 0.3) is 0 Å². The fourth-order valence-corrected chi connectivity index (χ4v) is 2.56. The Labute approximate surface area is 142 Å². The highest BCUT2D eigenvalue weighted by Crippen LogP contribution is 2.34. The molecule has 0 aliphatic heterocycles. The van der Waals surface area contributed by atoms with Gasteiger partial charge in [-0.05, 0) is 46.5 Å². The van der Waals surface area contributed by atoms with Crippen molar-refractivity contribution in [1.82, 2.24) is 0 Å². The number of benzene rings is 3. The molecule has 25 heavy (non-hydrogen) atoms. The second-order valence-electron chi connectivity index (χ2n) is 5.31. The Morgan fingerprint density at radius 1 is 0.760 bits per heavy atom. The van der Waals surface area contributed by atoms with Crippen molar-refractivity contribution in [1.29, 1.82) is 5.26 Å². The van der Waals surface area contributed by atoms with Gasteiger partial charge in [0, 0.05) is 0 Å². The van der Waals surface area contributed by atoms with Crippen LogP contribution in [0.15, 0.2) is 72.8 Å². The van der Waals surface area contributed by atoms with Crippen LogP contribution in [0.2, 0.25) is 0 Å². The predicted molar refractivity (Wildman–Crippen MR) is 88.7 cm³/mol. The average Bonchev–Trinajstić information content (AvgIpc) is 2.61. The second-order valence-corrected chi connectivity index (χ2v) is 5.31. The van der Waals surface area contributed by atoms with Gasteiger partial charge in [0.1, 0.15) is 5.75 Å². The van der Waals surface area contributed by atoms with Gasteiger partial charge in [-0.1, -0.05) is 48.5 Å². The molecular formula is C20H12F3NO. The van der Waals surface area contributed by atoms with Crippen molar-refractivity contribution < 1.29 is 17.9 Å². The molecular weight excluding hydrogens is 327 g/mol. The van der Waals surface area contributed by atoms with Gasteiger partial charge in [-0.2, -0.15) is 5.26 Å². The molecule has 0 aliphatic carbocycles. The molecule has 5 heteroatoms. The number of nitrogens with zero attached hydrogens (tertiary/aromatic N) is 1. The fourth-order valence-electron chi connectivity index (χ4n) is 2.56. The van der Waals surface area contributed by atoms with Crippen LogP contribution in [-0.4, -0.2) is 6.36 Å². The van der Waals surface area contributed by atoms with E-state index in [1.807, 2.05) is 30.3 Å². The lowest BCUT2D eigenvalue weighted by Crippen LogP contribution is -2.16. The molecule has 3 aromatic rings. The van der Waals surface area contributed by atoms with E-state index in [9.17, 15) is 13.2 Å². The van der Waals surface area contributed by atoms with Crippen LogP contribution >= 0.6 is 0 Å². The number of hydrogen-bond acceptors (Lipinski definition) is 2. The van der Waals surface area contributed by atoms with E-state index in [0.29, 0.717) is 5.56 Å². The summed E-state index contributed by atoms with van der Waals surface area (Å²) in [5.74, 6) is -0.272. The molecule has 0 aliphatic rings. The zero-order valence-corrected chi connectivity index (χ0v) is 12.9. The van der Waals surface area contributed by atoms with Gasteiger partial charge in [0.2, 0.25) is 0 Å². The van der Waals surface area contributed by atoms with Crippen LogP contribution in [0.1, 0.15) is 5.56 Å². The number of alkyl halides is 3. The maximum Gasteiger partial charge on any atom is 0.573 e. The Bertz CT molecular complexity index is 910. The molecule has 3 aromatic carbocycles. The first-order chi connectivity index (χ1) is 12.0. The van der Waals surface area contributed by atoms with Gasteiger partial charge < -0.3 is 4.74 Å². The van der Waals surface area contributed by atoms with Crippen LogP contribution in [0.25, 0.3) is 22.3 Å². The summed E-state index contributed by atoms with van der Waals surface area (Å²) in [5, 5.41) is 9.14. The Kier molecular flexibility index (Phi) is 4.44. The third-order valence-electron chi connectivity index (χ3n) is 3.63. The molecule has 0 bridgehead atoms. The first kappa shape index (κ1) is 16.6. The van der Waals surface area contributed by atoms with Crippen molar-refractivity contribution in [2.75, 3.05) is 0 Å². The molecule has 0 amide bonds. The third kappa shape index (κ3) is 3.99. The summed E-state index contributed by atoms with van der Waals surface area (Å²) >= 11 is 0. The summed E-state index contributed by atoms with van der Waals surface area (Å²) in [6.45, 7) is 0. The molecule has 0 saturated carbocycles. The third-order valence-corrected chi connectivity index (χ3v) is 3.63. The van der Waals surface area contributed by atoms with Crippen molar-refractivity contribution in [3.05, 3.63) is 78.4 Å². The van der Waals surface area contributed by atoms with Gasteiger partial charge in [-0.15, -0.1) is 13.2 Å². The Morgan fingerprint density at radius 2 is 1.40 bits per heavy atom. The molecule has 2 nitrogen and oxygen atoms in total. The quantitative estimate of drug-likeness (QED) is 0.605. The summed E-state index contributed by atoms with van der Waals surface area (Å²) < 4.78 is 40.7. The zero-order valence-electron chi connectivity index (χ0n) is 12.9. The van der Waals surface area contributed by atoms with Crippen molar-refractivity contribution >= 4 is 0 Å². The van der Waals surface area contributed by atoms with Crippen molar-refractivity contribution in [3.8, 4) is 34.1 Å². The number of ether oxygens (including phenoxy) is 1. The molecule has 0 aromatic heterocycles. The fraction of sp³-hybridized carbons (Fsp3) is 0.0500. The Hall–Kier alpha value is -3.26. The smallest absolute Gasteiger partial charge is 0.406 e. The molecule has 0 saturated heterocycles. The second kappa shape index (κ2) is 6.70. The van der Waals surface area contributed by atoms with E-state index in [1.165, 1.54) is 12.1 Å². The van der Waals surface area contributed by atoms with Crippen molar-refractivity contribution in [2.24, 2.45) is 0 Å². The number of nitriles is 1. The van der Waals surface area contributed by atoms with Crippen LogP contribution in [0, 0.1) is 11.3 Å². The van der Waals surface area contributed by atoms with Crippen LogP contribution in [-0.2, 0) is 0 Å². The topological polar surface area (TPSA) is 33.0 Å². The molecule has 0 atom stereocenters. The first-order valence-electron chi connectivity index (χ1n) is 7.42. The van der Waals surface area contributed by atoms with E-state index < -0.39 is 6.36 Å². The average molecular weight is 339 g/mol. The molecule has 0 radical (unpaired) electrons. The molecule has 0 N–H and O–H groups in total. The van der Waals surface area contributed by atoms with Gasteiger partial charge >= 0.3 is 6.36 Å². The first-order valence-corrected chi connectivity index (χ1v) is 7.42. The number of halogens is 3. The highest BCUT2D eigenvalue weighted by molar-refractivity contribution is 5.84. The lowest BCUT2D eigenvalue weighted by molar-refractivity contribution is -0.274. The number of rotatable bonds is 3. The van der Waals surface area contributed by atoms with E-state index in [1.54, 1.807) is 30.3 Å². The summed E-state index contributed by atoms with van der Waals surface area (Å²) in [4.78, 5) is 0. The number of hydrogen-bond donors (Lipinski definition) is 0. The van der Waals surface area contributed by atoms with Gasteiger partial charge in [0.15, 0.2) is 0 Å². The summed E-state index contributed by atoms with van der Waals surface area (Å²) in [6, 6.07) is 22.5. The lowest BCUT2D eigenvalue weighted by atomic mass is 9.93. The van der Waals surface area contributed by atoms with E-state index in [-0.39, 0.29) is 5.75 Å².